The molecule has 0 saturated heterocycles. The zero-order valence-corrected chi connectivity index (χ0v) is 10.7. The lowest BCUT2D eigenvalue weighted by atomic mass is 10.1. The van der Waals surface area contributed by atoms with Gasteiger partial charge in [-0.25, -0.2) is 0 Å². The molecule has 0 aliphatic heterocycles. The van der Waals surface area contributed by atoms with Crippen molar-refractivity contribution in [3.05, 3.63) is 35.4 Å². The molecule has 3 nitrogen and oxygen atoms in total. The van der Waals surface area contributed by atoms with Gasteiger partial charge in [-0.15, -0.1) is 0 Å². The van der Waals surface area contributed by atoms with E-state index in [0.29, 0.717) is 17.0 Å². The molecule has 0 atom stereocenters. The number of amides is 1. The molecule has 1 aliphatic rings. The number of benzene rings is 1. The molecule has 3 heteroatoms. The molecule has 0 radical (unpaired) electrons. The number of rotatable bonds is 3. The summed E-state index contributed by atoms with van der Waals surface area (Å²) in [6.45, 7) is 0.846. The lowest BCUT2D eigenvalue weighted by molar-refractivity contribution is 0.0773. The van der Waals surface area contributed by atoms with Crippen LogP contribution in [0.25, 0.3) is 0 Å². The zero-order chi connectivity index (χ0) is 13.0. The monoisotopic (exact) mass is 242 g/mol. The fourth-order valence-electron chi connectivity index (χ4n) is 2.57. The Hall–Kier alpha value is -1.82. The van der Waals surface area contributed by atoms with Crippen molar-refractivity contribution in [2.75, 3.05) is 13.6 Å². The molecule has 0 N–H and O–H groups in total. The lowest BCUT2D eigenvalue weighted by Gasteiger charge is -2.21. The lowest BCUT2D eigenvalue weighted by Crippen LogP contribution is -2.31. The summed E-state index contributed by atoms with van der Waals surface area (Å²) in [5.41, 5.74) is 1.25. The minimum absolute atomic E-state index is 0.0476. The molecule has 0 spiro atoms. The van der Waals surface area contributed by atoms with Gasteiger partial charge < -0.3 is 4.90 Å². The second-order valence-corrected chi connectivity index (χ2v) is 5.03. The summed E-state index contributed by atoms with van der Waals surface area (Å²) < 4.78 is 0. The Morgan fingerprint density at radius 3 is 2.50 bits per heavy atom. The Balaban J connectivity index is 1.98. The van der Waals surface area contributed by atoms with Crippen LogP contribution in [0.5, 0.6) is 0 Å². The van der Waals surface area contributed by atoms with Crippen LogP contribution in [-0.2, 0) is 0 Å². The van der Waals surface area contributed by atoms with Gasteiger partial charge in [-0.1, -0.05) is 12.8 Å². The standard InChI is InChI=1S/C15H18N2O/c1-17(11-13-4-2-3-5-13)15(18)14-8-6-12(10-16)7-9-14/h6-9,13H,2-5,11H2,1H3. The normalized spacial score (nSPS) is 15.3. The van der Waals surface area contributed by atoms with Gasteiger partial charge in [0.2, 0.25) is 0 Å². The fraction of sp³-hybridized carbons (Fsp3) is 0.467. The molecule has 0 unspecified atom stereocenters. The Morgan fingerprint density at radius 2 is 1.94 bits per heavy atom. The molecule has 1 aromatic carbocycles. The maximum absolute atomic E-state index is 12.2. The number of nitrogens with zero attached hydrogens (tertiary/aromatic N) is 2. The Kier molecular flexibility index (Phi) is 3.99. The topological polar surface area (TPSA) is 44.1 Å². The van der Waals surface area contributed by atoms with Crippen molar-refractivity contribution in [3.63, 3.8) is 0 Å². The fourth-order valence-corrected chi connectivity index (χ4v) is 2.57. The highest BCUT2D eigenvalue weighted by Crippen LogP contribution is 2.25. The molecule has 18 heavy (non-hydrogen) atoms. The SMILES string of the molecule is CN(CC1CCCC1)C(=O)c1ccc(C#N)cc1. The van der Waals surface area contributed by atoms with E-state index in [0.717, 1.165) is 6.54 Å². The van der Waals surface area contributed by atoms with Crippen molar-refractivity contribution >= 4 is 5.91 Å². The quantitative estimate of drug-likeness (QED) is 0.818. The third kappa shape index (κ3) is 2.89. The highest BCUT2D eigenvalue weighted by molar-refractivity contribution is 5.94. The molecule has 0 heterocycles. The van der Waals surface area contributed by atoms with E-state index in [9.17, 15) is 4.79 Å². The minimum atomic E-state index is 0.0476. The molecule has 2 rings (SSSR count). The van der Waals surface area contributed by atoms with Gasteiger partial charge >= 0.3 is 0 Å². The van der Waals surface area contributed by atoms with Crippen LogP contribution in [0.2, 0.25) is 0 Å². The first kappa shape index (κ1) is 12.6. The number of hydrogen-bond acceptors (Lipinski definition) is 2. The van der Waals surface area contributed by atoms with Crippen LogP contribution in [0.15, 0.2) is 24.3 Å². The molecule has 1 fully saturated rings. The number of nitriles is 1. The van der Waals surface area contributed by atoms with Crippen LogP contribution >= 0.6 is 0 Å². The van der Waals surface area contributed by atoms with Crippen LogP contribution in [0.1, 0.15) is 41.6 Å². The van der Waals surface area contributed by atoms with Crippen LogP contribution in [0, 0.1) is 17.2 Å². The molecule has 1 amide bonds. The van der Waals surface area contributed by atoms with E-state index in [1.165, 1.54) is 25.7 Å². The van der Waals surface area contributed by atoms with E-state index in [-0.39, 0.29) is 5.91 Å². The highest BCUT2D eigenvalue weighted by Gasteiger charge is 2.20. The van der Waals surface area contributed by atoms with Crippen molar-refractivity contribution in [1.29, 1.82) is 5.26 Å². The van der Waals surface area contributed by atoms with Crippen LogP contribution in [-0.4, -0.2) is 24.4 Å². The zero-order valence-electron chi connectivity index (χ0n) is 10.7. The van der Waals surface area contributed by atoms with Crippen molar-refractivity contribution < 1.29 is 4.79 Å². The van der Waals surface area contributed by atoms with Crippen LogP contribution < -0.4 is 0 Å². The van der Waals surface area contributed by atoms with E-state index >= 15 is 0 Å². The third-order valence-corrected chi connectivity index (χ3v) is 3.61. The second kappa shape index (κ2) is 5.68. The molecule has 1 aromatic rings. The smallest absolute Gasteiger partial charge is 0.253 e. The first-order chi connectivity index (χ1) is 8.70. The summed E-state index contributed by atoms with van der Waals surface area (Å²) in [6.07, 6.45) is 5.07. The van der Waals surface area contributed by atoms with Crippen LogP contribution in [0.4, 0.5) is 0 Å². The summed E-state index contributed by atoms with van der Waals surface area (Å²) in [4.78, 5) is 14.0. The second-order valence-electron chi connectivity index (χ2n) is 5.03. The highest BCUT2D eigenvalue weighted by atomic mass is 16.2. The maximum atomic E-state index is 12.2. The van der Waals surface area contributed by atoms with E-state index in [1.807, 2.05) is 7.05 Å². The van der Waals surface area contributed by atoms with Gasteiger partial charge in [0.15, 0.2) is 0 Å². The van der Waals surface area contributed by atoms with Gasteiger partial charge in [-0.05, 0) is 43.0 Å². The predicted octanol–water partition coefficient (Wildman–Crippen LogP) is 2.82. The Morgan fingerprint density at radius 1 is 1.33 bits per heavy atom. The molecule has 1 saturated carbocycles. The van der Waals surface area contributed by atoms with Gasteiger partial charge in [-0.3, -0.25) is 4.79 Å². The molecular formula is C15H18N2O. The summed E-state index contributed by atoms with van der Waals surface area (Å²) in [5.74, 6) is 0.712. The Labute approximate surface area is 108 Å². The largest absolute Gasteiger partial charge is 0.341 e. The first-order valence-electron chi connectivity index (χ1n) is 6.46. The van der Waals surface area contributed by atoms with E-state index in [1.54, 1.807) is 29.2 Å². The predicted molar refractivity (Wildman–Crippen MR) is 70.1 cm³/mol. The molecule has 1 aliphatic carbocycles. The minimum Gasteiger partial charge on any atom is -0.341 e. The molecule has 0 bridgehead atoms. The maximum Gasteiger partial charge on any atom is 0.253 e. The molecule has 0 aromatic heterocycles. The van der Waals surface area contributed by atoms with Crippen molar-refractivity contribution in [3.8, 4) is 6.07 Å². The number of hydrogen-bond donors (Lipinski definition) is 0. The van der Waals surface area contributed by atoms with Crippen molar-refractivity contribution in [2.24, 2.45) is 5.92 Å². The van der Waals surface area contributed by atoms with E-state index in [4.69, 9.17) is 5.26 Å². The first-order valence-corrected chi connectivity index (χ1v) is 6.46. The van der Waals surface area contributed by atoms with E-state index < -0.39 is 0 Å². The van der Waals surface area contributed by atoms with Gasteiger partial charge in [0.05, 0.1) is 11.6 Å². The van der Waals surface area contributed by atoms with Gasteiger partial charge in [0, 0.05) is 19.2 Å². The van der Waals surface area contributed by atoms with Crippen LogP contribution in [0.3, 0.4) is 0 Å². The van der Waals surface area contributed by atoms with Gasteiger partial charge in [0.25, 0.3) is 5.91 Å². The van der Waals surface area contributed by atoms with Crippen molar-refractivity contribution in [1.82, 2.24) is 4.90 Å². The summed E-state index contributed by atoms with van der Waals surface area (Å²) in [5, 5.41) is 8.72. The summed E-state index contributed by atoms with van der Waals surface area (Å²) in [7, 11) is 1.86. The van der Waals surface area contributed by atoms with Gasteiger partial charge in [0.1, 0.15) is 0 Å². The average Bonchev–Trinajstić information content (AvgIpc) is 2.91. The van der Waals surface area contributed by atoms with Crippen molar-refractivity contribution in [2.45, 2.75) is 25.7 Å². The average molecular weight is 242 g/mol. The molecular weight excluding hydrogens is 224 g/mol. The summed E-state index contributed by atoms with van der Waals surface area (Å²) in [6, 6.07) is 8.89. The molecule has 94 valence electrons. The van der Waals surface area contributed by atoms with Gasteiger partial charge in [-0.2, -0.15) is 5.26 Å². The summed E-state index contributed by atoms with van der Waals surface area (Å²) >= 11 is 0. The number of carbonyl (C=O) groups is 1. The van der Waals surface area contributed by atoms with E-state index in [2.05, 4.69) is 6.07 Å². The Bertz CT molecular complexity index is 452. The number of carbonyl (C=O) groups excluding carboxylic acids is 1. The third-order valence-electron chi connectivity index (χ3n) is 3.61.